The van der Waals surface area contributed by atoms with Gasteiger partial charge in [0.1, 0.15) is 0 Å². The van der Waals surface area contributed by atoms with Gasteiger partial charge >= 0.3 is 5.97 Å². The highest BCUT2D eigenvalue weighted by Gasteiger charge is 2.06. The number of carbonyl (C=O) groups is 1. The van der Waals surface area contributed by atoms with Gasteiger partial charge in [-0.1, -0.05) is 43.7 Å². The van der Waals surface area contributed by atoms with Crippen molar-refractivity contribution in [1.82, 2.24) is 0 Å². The van der Waals surface area contributed by atoms with Gasteiger partial charge in [0.2, 0.25) is 0 Å². The Bertz CT molecular complexity index is 398. The van der Waals surface area contributed by atoms with Gasteiger partial charge in [-0.15, -0.1) is 5.73 Å². The third-order valence-corrected chi connectivity index (χ3v) is 2.14. The first-order chi connectivity index (χ1) is 7.77. The van der Waals surface area contributed by atoms with Gasteiger partial charge in [0.15, 0.2) is 0 Å². The average Bonchev–Trinajstić information content (AvgIpc) is 2.34. The molecule has 0 saturated heterocycles. The van der Waals surface area contributed by atoms with Crippen molar-refractivity contribution in [2.24, 2.45) is 0 Å². The number of carbonyl (C=O) groups excluding carboxylic acids is 1. The highest BCUT2D eigenvalue weighted by atomic mass is 16.5. The summed E-state index contributed by atoms with van der Waals surface area (Å²) in [7, 11) is 1.39. The van der Waals surface area contributed by atoms with Gasteiger partial charge in [-0.2, -0.15) is 0 Å². The van der Waals surface area contributed by atoms with Crippen molar-refractivity contribution >= 4 is 12.0 Å². The van der Waals surface area contributed by atoms with Crippen LogP contribution >= 0.6 is 0 Å². The predicted octanol–water partition coefficient (Wildman–Crippen LogP) is 3.20. The van der Waals surface area contributed by atoms with Gasteiger partial charge in [-0.05, 0) is 18.1 Å². The van der Waals surface area contributed by atoms with Crippen molar-refractivity contribution in [3.8, 4) is 0 Å². The minimum atomic E-state index is -0.297. The molecule has 0 unspecified atom stereocenters. The van der Waals surface area contributed by atoms with E-state index >= 15 is 0 Å². The van der Waals surface area contributed by atoms with Crippen molar-refractivity contribution in [3.05, 3.63) is 47.2 Å². The Morgan fingerprint density at radius 3 is 2.62 bits per heavy atom. The molecule has 0 aliphatic heterocycles. The van der Waals surface area contributed by atoms with E-state index in [1.165, 1.54) is 7.11 Å². The smallest absolute Gasteiger partial charge is 0.341 e. The molecule has 2 heteroatoms. The Hall–Kier alpha value is -1.79. The third-order valence-electron chi connectivity index (χ3n) is 2.14. The highest BCUT2D eigenvalue weighted by Crippen LogP contribution is 2.07. The van der Waals surface area contributed by atoms with E-state index in [9.17, 15) is 4.79 Å². The lowest BCUT2D eigenvalue weighted by atomic mass is 10.1. The third kappa shape index (κ3) is 3.76. The summed E-state index contributed by atoms with van der Waals surface area (Å²) in [6.45, 7) is 2.02. The zero-order chi connectivity index (χ0) is 11.8. The predicted molar refractivity (Wildman–Crippen MR) is 64.9 cm³/mol. The molecule has 1 rings (SSSR count). The Balaban J connectivity index is 2.93. The fourth-order valence-electron chi connectivity index (χ4n) is 1.33. The molecule has 0 amide bonds. The molecule has 0 saturated carbocycles. The summed E-state index contributed by atoms with van der Waals surface area (Å²) in [6.07, 6.45) is 3.40. The van der Waals surface area contributed by atoms with Crippen LogP contribution in [0, 0.1) is 0 Å². The van der Waals surface area contributed by atoms with Crippen molar-refractivity contribution in [3.63, 3.8) is 0 Å². The molecule has 0 aliphatic rings. The molecule has 16 heavy (non-hydrogen) atoms. The lowest BCUT2D eigenvalue weighted by Crippen LogP contribution is -2.03. The van der Waals surface area contributed by atoms with E-state index in [1.807, 2.05) is 43.3 Å². The van der Waals surface area contributed by atoms with Crippen LogP contribution in [0.4, 0.5) is 0 Å². The molecule has 1 aromatic carbocycles. The molecule has 0 spiro atoms. The van der Waals surface area contributed by atoms with Crippen LogP contribution in [0.5, 0.6) is 0 Å². The lowest BCUT2D eigenvalue weighted by molar-refractivity contribution is -0.136. The quantitative estimate of drug-likeness (QED) is 0.439. The van der Waals surface area contributed by atoms with Crippen LogP contribution < -0.4 is 0 Å². The summed E-state index contributed by atoms with van der Waals surface area (Å²) in [5.41, 5.74) is 4.62. The van der Waals surface area contributed by atoms with Crippen LogP contribution in [0.3, 0.4) is 0 Å². The van der Waals surface area contributed by atoms with Gasteiger partial charge in [-0.3, -0.25) is 0 Å². The second kappa shape index (κ2) is 6.65. The number of rotatable bonds is 4. The molecule has 2 nitrogen and oxygen atoms in total. The van der Waals surface area contributed by atoms with Crippen LogP contribution in [0.1, 0.15) is 25.3 Å². The first-order valence-electron chi connectivity index (χ1n) is 5.37. The SMILES string of the molecule is CCCC(=C=Cc1ccccc1)C(=O)OC. The minimum absolute atomic E-state index is 0.297. The lowest BCUT2D eigenvalue weighted by Gasteiger charge is -1.99. The van der Waals surface area contributed by atoms with Gasteiger partial charge in [0.05, 0.1) is 12.7 Å². The second-order valence-electron chi connectivity index (χ2n) is 3.42. The topological polar surface area (TPSA) is 26.3 Å². The molecule has 0 aromatic heterocycles. The molecule has 0 bridgehead atoms. The Morgan fingerprint density at radius 2 is 2.06 bits per heavy atom. The zero-order valence-electron chi connectivity index (χ0n) is 9.69. The van der Waals surface area contributed by atoms with E-state index in [-0.39, 0.29) is 5.97 Å². The fraction of sp³-hybridized carbons (Fsp3) is 0.286. The number of hydrogen-bond donors (Lipinski definition) is 0. The summed E-state index contributed by atoms with van der Waals surface area (Å²) in [5, 5.41) is 0. The number of ether oxygens (including phenoxy) is 1. The first-order valence-corrected chi connectivity index (χ1v) is 5.37. The summed E-state index contributed by atoms with van der Waals surface area (Å²) < 4.78 is 4.69. The molecular weight excluding hydrogens is 200 g/mol. The maximum Gasteiger partial charge on any atom is 0.341 e. The maximum absolute atomic E-state index is 11.4. The van der Waals surface area contributed by atoms with Gasteiger partial charge in [0.25, 0.3) is 0 Å². The zero-order valence-corrected chi connectivity index (χ0v) is 9.69. The van der Waals surface area contributed by atoms with Crippen molar-refractivity contribution in [2.45, 2.75) is 19.8 Å². The summed E-state index contributed by atoms with van der Waals surface area (Å²) in [5.74, 6) is -0.297. The van der Waals surface area contributed by atoms with Gasteiger partial charge < -0.3 is 4.74 Å². The normalized spacial score (nSPS) is 9.12. The van der Waals surface area contributed by atoms with Crippen molar-refractivity contribution < 1.29 is 9.53 Å². The van der Waals surface area contributed by atoms with Crippen molar-refractivity contribution in [2.75, 3.05) is 7.11 Å². The van der Waals surface area contributed by atoms with Crippen molar-refractivity contribution in [1.29, 1.82) is 0 Å². The van der Waals surface area contributed by atoms with E-state index in [0.717, 1.165) is 12.0 Å². The second-order valence-corrected chi connectivity index (χ2v) is 3.42. The molecular formula is C14H16O2. The number of esters is 1. The highest BCUT2D eigenvalue weighted by molar-refractivity contribution is 5.88. The molecule has 0 aliphatic carbocycles. The van der Waals surface area contributed by atoms with Gasteiger partial charge in [0, 0.05) is 0 Å². The Kier molecular flexibility index (Phi) is 5.10. The molecule has 0 heterocycles. The van der Waals surface area contributed by atoms with Crippen LogP contribution in [-0.2, 0) is 9.53 Å². The maximum atomic E-state index is 11.4. The summed E-state index contributed by atoms with van der Waals surface area (Å²) in [4.78, 5) is 11.4. The molecule has 0 fully saturated rings. The molecule has 0 atom stereocenters. The number of methoxy groups -OCH3 is 1. The van der Waals surface area contributed by atoms with Gasteiger partial charge in [-0.25, -0.2) is 4.79 Å². The average molecular weight is 216 g/mol. The van der Waals surface area contributed by atoms with E-state index in [0.29, 0.717) is 12.0 Å². The van der Waals surface area contributed by atoms with Crippen LogP contribution in [0.25, 0.3) is 6.08 Å². The fourth-order valence-corrected chi connectivity index (χ4v) is 1.33. The molecule has 84 valence electrons. The molecule has 0 radical (unpaired) electrons. The summed E-state index contributed by atoms with van der Waals surface area (Å²) in [6, 6.07) is 9.78. The monoisotopic (exact) mass is 216 g/mol. The van der Waals surface area contributed by atoms with Crippen LogP contribution in [0.15, 0.2) is 41.6 Å². The largest absolute Gasteiger partial charge is 0.465 e. The van der Waals surface area contributed by atoms with Crippen LogP contribution in [-0.4, -0.2) is 13.1 Å². The number of benzene rings is 1. The molecule has 1 aromatic rings. The standard InChI is InChI=1S/C14H16O2/c1-3-7-13(14(15)16-2)11-10-12-8-5-4-6-9-12/h4-6,8-10H,3,7H2,1-2H3. The minimum Gasteiger partial charge on any atom is -0.465 e. The van der Waals surface area contributed by atoms with E-state index in [2.05, 4.69) is 5.73 Å². The van der Waals surface area contributed by atoms with E-state index < -0.39 is 0 Å². The number of hydrogen-bond acceptors (Lipinski definition) is 2. The first kappa shape index (κ1) is 12.3. The Morgan fingerprint density at radius 1 is 1.38 bits per heavy atom. The van der Waals surface area contributed by atoms with E-state index in [4.69, 9.17) is 4.74 Å². The molecule has 0 N–H and O–H groups in total. The van der Waals surface area contributed by atoms with Crippen LogP contribution in [0.2, 0.25) is 0 Å². The Labute approximate surface area is 96.2 Å². The summed E-state index contributed by atoms with van der Waals surface area (Å²) >= 11 is 0. The van der Waals surface area contributed by atoms with E-state index in [1.54, 1.807) is 0 Å².